The van der Waals surface area contributed by atoms with Crippen molar-refractivity contribution in [2.75, 3.05) is 20.3 Å². The van der Waals surface area contributed by atoms with Crippen molar-refractivity contribution in [3.05, 3.63) is 29.8 Å². The van der Waals surface area contributed by atoms with Gasteiger partial charge >= 0.3 is 5.97 Å². The van der Waals surface area contributed by atoms with Gasteiger partial charge in [0.2, 0.25) is 0 Å². The molecule has 1 aromatic carbocycles. The number of rotatable bonds is 9. The van der Waals surface area contributed by atoms with E-state index in [1.807, 2.05) is 0 Å². The molecule has 0 aromatic heterocycles. The molecule has 0 saturated carbocycles. The summed E-state index contributed by atoms with van der Waals surface area (Å²) >= 11 is 0. The van der Waals surface area contributed by atoms with E-state index in [1.54, 1.807) is 38.3 Å². The van der Waals surface area contributed by atoms with Gasteiger partial charge in [-0.25, -0.2) is 0 Å². The second-order valence-corrected chi connectivity index (χ2v) is 4.60. The van der Waals surface area contributed by atoms with Crippen LogP contribution in [0.5, 0.6) is 5.75 Å². The van der Waals surface area contributed by atoms with Gasteiger partial charge in [0.05, 0.1) is 13.7 Å². The Morgan fingerprint density at radius 3 is 2.43 bits per heavy atom. The van der Waals surface area contributed by atoms with Crippen LogP contribution in [0.1, 0.15) is 43.0 Å². The number of nitrogens with one attached hydrogen (secondary N) is 1. The summed E-state index contributed by atoms with van der Waals surface area (Å²) in [4.78, 5) is 23.0. The van der Waals surface area contributed by atoms with Gasteiger partial charge in [0.25, 0.3) is 5.91 Å². The van der Waals surface area contributed by atoms with Crippen molar-refractivity contribution < 1.29 is 19.1 Å². The number of carbonyl (C=O) groups is 2. The number of hydrogen-bond donors (Lipinski definition) is 1. The molecule has 0 bridgehead atoms. The number of amides is 1. The van der Waals surface area contributed by atoms with E-state index in [1.165, 1.54) is 0 Å². The van der Waals surface area contributed by atoms with Crippen LogP contribution < -0.4 is 10.1 Å². The highest BCUT2D eigenvalue weighted by Gasteiger charge is 2.05. The molecule has 0 aliphatic rings. The van der Waals surface area contributed by atoms with Gasteiger partial charge in [-0.05, 0) is 44.0 Å². The number of benzene rings is 1. The highest BCUT2D eigenvalue weighted by Crippen LogP contribution is 2.11. The SMILES string of the molecule is CCOC(=O)CCCCCNC(=O)c1ccc(OC)cc1. The van der Waals surface area contributed by atoms with Gasteiger partial charge in [-0.2, -0.15) is 0 Å². The minimum absolute atomic E-state index is 0.0944. The third-order valence-electron chi connectivity index (χ3n) is 3.00. The monoisotopic (exact) mass is 293 g/mol. The van der Waals surface area contributed by atoms with Crippen molar-refractivity contribution in [2.24, 2.45) is 0 Å². The zero-order valence-electron chi connectivity index (χ0n) is 12.7. The molecule has 116 valence electrons. The summed E-state index contributed by atoms with van der Waals surface area (Å²) in [5.74, 6) is 0.480. The lowest BCUT2D eigenvalue weighted by Crippen LogP contribution is -2.24. The normalized spacial score (nSPS) is 10.0. The van der Waals surface area contributed by atoms with Gasteiger partial charge in [-0.15, -0.1) is 0 Å². The summed E-state index contributed by atoms with van der Waals surface area (Å²) in [6.45, 7) is 2.83. The second kappa shape index (κ2) is 9.80. The quantitative estimate of drug-likeness (QED) is 0.561. The van der Waals surface area contributed by atoms with Crippen molar-refractivity contribution in [1.29, 1.82) is 0 Å². The van der Waals surface area contributed by atoms with Gasteiger partial charge in [0.15, 0.2) is 0 Å². The van der Waals surface area contributed by atoms with Gasteiger partial charge in [-0.1, -0.05) is 6.42 Å². The maximum absolute atomic E-state index is 11.8. The van der Waals surface area contributed by atoms with E-state index in [4.69, 9.17) is 9.47 Å². The van der Waals surface area contributed by atoms with E-state index in [-0.39, 0.29) is 11.9 Å². The number of carbonyl (C=O) groups excluding carboxylic acids is 2. The Morgan fingerprint density at radius 2 is 1.81 bits per heavy atom. The molecule has 0 atom stereocenters. The molecule has 0 heterocycles. The molecular formula is C16H23NO4. The standard InChI is InChI=1S/C16H23NO4/c1-3-21-15(18)7-5-4-6-12-17-16(19)13-8-10-14(20-2)11-9-13/h8-11H,3-7,12H2,1-2H3,(H,17,19). The van der Waals surface area contributed by atoms with Gasteiger partial charge in [0, 0.05) is 18.5 Å². The van der Waals surface area contributed by atoms with E-state index in [9.17, 15) is 9.59 Å². The Labute approximate surface area is 125 Å². The first-order valence-electron chi connectivity index (χ1n) is 7.25. The fraction of sp³-hybridized carbons (Fsp3) is 0.500. The minimum atomic E-state index is -0.153. The molecule has 0 saturated heterocycles. The lowest BCUT2D eigenvalue weighted by Gasteiger charge is -2.06. The Morgan fingerprint density at radius 1 is 1.10 bits per heavy atom. The topological polar surface area (TPSA) is 64.6 Å². The third kappa shape index (κ3) is 6.79. The molecule has 5 heteroatoms. The molecule has 1 amide bonds. The summed E-state index contributed by atoms with van der Waals surface area (Å²) in [6.07, 6.45) is 2.97. The van der Waals surface area contributed by atoms with Crippen LogP contribution in [0.2, 0.25) is 0 Å². The molecule has 1 rings (SSSR count). The van der Waals surface area contributed by atoms with E-state index < -0.39 is 0 Å². The predicted molar refractivity (Wildman–Crippen MR) is 80.4 cm³/mol. The van der Waals surface area contributed by atoms with Crippen LogP contribution in [-0.4, -0.2) is 32.1 Å². The fourth-order valence-corrected chi connectivity index (χ4v) is 1.85. The summed E-state index contributed by atoms with van der Waals surface area (Å²) in [7, 11) is 1.59. The first kappa shape index (κ1) is 17.0. The van der Waals surface area contributed by atoms with Crippen molar-refractivity contribution in [3.8, 4) is 5.75 Å². The Bertz CT molecular complexity index is 442. The molecule has 0 aliphatic carbocycles. The first-order valence-corrected chi connectivity index (χ1v) is 7.25. The van der Waals surface area contributed by atoms with Crippen LogP contribution in [0, 0.1) is 0 Å². The lowest BCUT2D eigenvalue weighted by atomic mass is 10.2. The largest absolute Gasteiger partial charge is 0.497 e. The molecule has 1 aromatic rings. The fourth-order valence-electron chi connectivity index (χ4n) is 1.85. The molecular weight excluding hydrogens is 270 g/mol. The Kier molecular flexibility index (Phi) is 7.94. The van der Waals surface area contributed by atoms with E-state index in [0.717, 1.165) is 25.0 Å². The summed E-state index contributed by atoms with van der Waals surface area (Å²) in [5, 5.41) is 2.85. The van der Waals surface area contributed by atoms with Crippen molar-refractivity contribution in [2.45, 2.75) is 32.6 Å². The van der Waals surface area contributed by atoms with Crippen LogP contribution in [0.3, 0.4) is 0 Å². The number of ether oxygens (including phenoxy) is 2. The maximum Gasteiger partial charge on any atom is 0.305 e. The third-order valence-corrected chi connectivity index (χ3v) is 3.00. The van der Waals surface area contributed by atoms with Crippen LogP contribution in [-0.2, 0) is 9.53 Å². The molecule has 1 N–H and O–H groups in total. The summed E-state index contributed by atoms with van der Waals surface area (Å²) in [6, 6.07) is 6.98. The molecule has 0 spiro atoms. The van der Waals surface area contributed by atoms with Crippen molar-refractivity contribution in [1.82, 2.24) is 5.32 Å². The number of unbranched alkanes of at least 4 members (excludes halogenated alkanes) is 2. The molecule has 5 nitrogen and oxygen atoms in total. The molecule has 0 fully saturated rings. The highest BCUT2D eigenvalue weighted by atomic mass is 16.5. The molecule has 0 aliphatic heterocycles. The van der Waals surface area contributed by atoms with Gasteiger partial charge in [-0.3, -0.25) is 9.59 Å². The average Bonchev–Trinajstić information content (AvgIpc) is 2.51. The van der Waals surface area contributed by atoms with Crippen LogP contribution in [0.15, 0.2) is 24.3 Å². The summed E-state index contributed by atoms with van der Waals surface area (Å²) < 4.78 is 9.89. The number of hydrogen-bond acceptors (Lipinski definition) is 4. The minimum Gasteiger partial charge on any atom is -0.497 e. The van der Waals surface area contributed by atoms with Crippen molar-refractivity contribution >= 4 is 11.9 Å². The second-order valence-electron chi connectivity index (χ2n) is 4.60. The Hall–Kier alpha value is -2.04. The van der Waals surface area contributed by atoms with Gasteiger partial charge in [0.1, 0.15) is 5.75 Å². The van der Waals surface area contributed by atoms with Crippen LogP contribution in [0.25, 0.3) is 0 Å². The van der Waals surface area contributed by atoms with Gasteiger partial charge < -0.3 is 14.8 Å². The van der Waals surface area contributed by atoms with E-state index in [0.29, 0.717) is 25.1 Å². The number of esters is 1. The Balaban J connectivity index is 2.14. The van der Waals surface area contributed by atoms with E-state index in [2.05, 4.69) is 5.32 Å². The predicted octanol–water partition coefficient (Wildman–Crippen LogP) is 2.55. The highest BCUT2D eigenvalue weighted by molar-refractivity contribution is 5.94. The van der Waals surface area contributed by atoms with Crippen LogP contribution in [0.4, 0.5) is 0 Å². The van der Waals surface area contributed by atoms with Crippen molar-refractivity contribution in [3.63, 3.8) is 0 Å². The lowest BCUT2D eigenvalue weighted by molar-refractivity contribution is -0.143. The number of methoxy groups -OCH3 is 1. The van der Waals surface area contributed by atoms with Crippen LogP contribution >= 0.6 is 0 Å². The molecule has 21 heavy (non-hydrogen) atoms. The smallest absolute Gasteiger partial charge is 0.305 e. The van der Waals surface area contributed by atoms with E-state index >= 15 is 0 Å². The molecule has 0 unspecified atom stereocenters. The zero-order valence-corrected chi connectivity index (χ0v) is 12.7. The molecule has 0 radical (unpaired) electrons. The maximum atomic E-state index is 11.8. The summed E-state index contributed by atoms with van der Waals surface area (Å²) in [5.41, 5.74) is 0.613. The zero-order chi connectivity index (χ0) is 15.5. The average molecular weight is 293 g/mol. The first-order chi connectivity index (χ1) is 10.2.